The molecule has 3 rings (SSSR count). The molecule has 0 atom stereocenters. The highest BCUT2D eigenvalue weighted by Gasteiger charge is 2.16. The first-order valence-corrected chi connectivity index (χ1v) is 8.78. The number of ether oxygens (including phenoxy) is 1. The van der Waals surface area contributed by atoms with Gasteiger partial charge in [-0.25, -0.2) is 9.37 Å². The topological polar surface area (TPSA) is 111 Å². The lowest BCUT2D eigenvalue weighted by atomic mass is 9.90. The number of benzene rings is 1. The standard InChI is InChI=1S/C19H22FN5O/c20-16-8-13(17-15(9-21)18(22)25-19(23)24-17)6-7-14(16)11-26-10-12-4-2-1-3-5-12/h6-8,12H,1-5,10-11H2,(H4,22,23,24,25). The third kappa shape index (κ3) is 4.09. The lowest BCUT2D eigenvalue weighted by molar-refractivity contribution is 0.0723. The van der Waals surface area contributed by atoms with Gasteiger partial charge in [-0.15, -0.1) is 0 Å². The molecule has 26 heavy (non-hydrogen) atoms. The zero-order valence-corrected chi connectivity index (χ0v) is 14.5. The number of hydrogen-bond acceptors (Lipinski definition) is 6. The molecular weight excluding hydrogens is 333 g/mol. The second-order valence-electron chi connectivity index (χ2n) is 6.63. The van der Waals surface area contributed by atoms with E-state index in [0.717, 1.165) is 0 Å². The Bertz CT molecular complexity index is 827. The van der Waals surface area contributed by atoms with Gasteiger partial charge in [-0.2, -0.15) is 10.2 Å². The Morgan fingerprint density at radius 2 is 1.96 bits per heavy atom. The molecule has 4 N–H and O–H groups in total. The molecule has 0 bridgehead atoms. The number of anilines is 2. The van der Waals surface area contributed by atoms with Crippen molar-refractivity contribution in [3.8, 4) is 17.3 Å². The third-order valence-electron chi connectivity index (χ3n) is 4.73. The van der Waals surface area contributed by atoms with Crippen molar-refractivity contribution in [1.29, 1.82) is 5.26 Å². The number of nitrogen functional groups attached to an aromatic ring is 2. The van der Waals surface area contributed by atoms with E-state index in [4.69, 9.17) is 16.2 Å². The Kier molecular flexibility index (Phi) is 5.64. The van der Waals surface area contributed by atoms with Crippen molar-refractivity contribution in [2.24, 2.45) is 5.92 Å². The van der Waals surface area contributed by atoms with Gasteiger partial charge >= 0.3 is 0 Å². The molecule has 1 aliphatic carbocycles. The summed E-state index contributed by atoms with van der Waals surface area (Å²) >= 11 is 0. The summed E-state index contributed by atoms with van der Waals surface area (Å²) in [7, 11) is 0. The number of hydrogen-bond donors (Lipinski definition) is 2. The average Bonchev–Trinajstić information content (AvgIpc) is 2.63. The second-order valence-corrected chi connectivity index (χ2v) is 6.63. The van der Waals surface area contributed by atoms with Crippen molar-refractivity contribution < 1.29 is 9.13 Å². The maximum absolute atomic E-state index is 14.5. The fourth-order valence-corrected chi connectivity index (χ4v) is 3.32. The zero-order chi connectivity index (χ0) is 18.5. The van der Waals surface area contributed by atoms with Gasteiger partial charge in [-0.3, -0.25) is 0 Å². The number of nitrogens with two attached hydrogens (primary N) is 2. The molecular formula is C19H22FN5O. The van der Waals surface area contributed by atoms with Crippen LogP contribution in [-0.4, -0.2) is 16.6 Å². The molecule has 2 aromatic rings. The molecule has 0 unspecified atom stereocenters. The molecule has 1 aromatic heterocycles. The molecule has 1 aromatic carbocycles. The maximum atomic E-state index is 14.5. The Morgan fingerprint density at radius 1 is 1.19 bits per heavy atom. The first kappa shape index (κ1) is 18.1. The first-order chi connectivity index (χ1) is 12.6. The summed E-state index contributed by atoms with van der Waals surface area (Å²) in [6.45, 7) is 0.889. The third-order valence-corrected chi connectivity index (χ3v) is 4.73. The van der Waals surface area contributed by atoms with Gasteiger partial charge in [0.1, 0.15) is 23.3 Å². The highest BCUT2D eigenvalue weighted by molar-refractivity contribution is 5.73. The van der Waals surface area contributed by atoms with Crippen molar-refractivity contribution in [2.75, 3.05) is 18.1 Å². The first-order valence-electron chi connectivity index (χ1n) is 8.78. The van der Waals surface area contributed by atoms with Crippen LogP contribution in [0.25, 0.3) is 11.3 Å². The smallest absolute Gasteiger partial charge is 0.222 e. The predicted molar refractivity (Wildman–Crippen MR) is 97.2 cm³/mol. The molecule has 0 amide bonds. The van der Waals surface area contributed by atoms with Crippen molar-refractivity contribution >= 4 is 11.8 Å². The van der Waals surface area contributed by atoms with E-state index in [2.05, 4.69) is 9.97 Å². The Morgan fingerprint density at radius 3 is 2.65 bits per heavy atom. The van der Waals surface area contributed by atoms with Crippen LogP contribution in [0, 0.1) is 23.1 Å². The maximum Gasteiger partial charge on any atom is 0.222 e. The van der Waals surface area contributed by atoms with Gasteiger partial charge in [0.15, 0.2) is 0 Å². The summed E-state index contributed by atoms with van der Waals surface area (Å²) in [5.41, 5.74) is 12.5. The van der Waals surface area contributed by atoms with Gasteiger partial charge in [0.2, 0.25) is 5.95 Å². The van der Waals surface area contributed by atoms with E-state index >= 15 is 0 Å². The molecule has 0 aliphatic heterocycles. The molecule has 0 saturated heterocycles. The molecule has 1 aliphatic rings. The van der Waals surface area contributed by atoms with Crippen molar-refractivity contribution in [2.45, 2.75) is 38.7 Å². The van der Waals surface area contributed by atoms with Crippen LogP contribution in [0.4, 0.5) is 16.2 Å². The van der Waals surface area contributed by atoms with Crippen molar-refractivity contribution in [1.82, 2.24) is 9.97 Å². The second kappa shape index (κ2) is 8.11. The van der Waals surface area contributed by atoms with Crippen molar-refractivity contribution in [3.05, 3.63) is 35.1 Å². The predicted octanol–water partition coefficient (Wildman–Crippen LogP) is 3.42. The number of rotatable bonds is 5. The largest absolute Gasteiger partial charge is 0.382 e. The minimum Gasteiger partial charge on any atom is -0.382 e. The molecule has 1 fully saturated rings. The summed E-state index contributed by atoms with van der Waals surface area (Å²) in [6.07, 6.45) is 6.19. The van der Waals surface area contributed by atoms with Crippen LogP contribution in [0.15, 0.2) is 18.2 Å². The highest BCUT2D eigenvalue weighted by Crippen LogP contribution is 2.27. The number of nitrogens with zero attached hydrogens (tertiary/aromatic N) is 3. The zero-order valence-electron chi connectivity index (χ0n) is 14.5. The quantitative estimate of drug-likeness (QED) is 0.850. The van der Waals surface area contributed by atoms with Gasteiger partial charge in [-0.05, 0) is 24.8 Å². The van der Waals surface area contributed by atoms with Gasteiger partial charge < -0.3 is 16.2 Å². The van der Waals surface area contributed by atoms with Crippen LogP contribution in [0.3, 0.4) is 0 Å². The molecule has 136 valence electrons. The van der Waals surface area contributed by atoms with Crippen LogP contribution >= 0.6 is 0 Å². The van der Waals surface area contributed by atoms with E-state index in [9.17, 15) is 9.65 Å². The SMILES string of the molecule is N#Cc1c(N)nc(N)nc1-c1ccc(COCC2CCCCC2)c(F)c1. The van der Waals surface area contributed by atoms with E-state index in [0.29, 0.717) is 23.7 Å². The van der Waals surface area contributed by atoms with Crippen LogP contribution in [0.1, 0.15) is 43.2 Å². The van der Waals surface area contributed by atoms with Crippen molar-refractivity contribution in [3.63, 3.8) is 0 Å². The lowest BCUT2D eigenvalue weighted by Gasteiger charge is -2.21. The molecule has 6 nitrogen and oxygen atoms in total. The highest BCUT2D eigenvalue weighted by atomic mass is 19.1. The van der Waals surface area contributed by atoms with Crippen LogP contribution < -0.4 is 11.5 Å². The van der Waals surface area contributed by atoms with Gasteiger partial charge in [0.05, 0.1) is 12.3 Å². The summed E-state index contributed by atoms with van der Waals surface area (Å²) in [5.74, 6) is 0.0918. The van der Waals surface area contributed by atoms with Gasteiger partial charge in [0, 0.05) is 17.7 Å². The molecule has 0 spiro atoms. The fraction of sp³-hybridized carbons (Fsp3) is 0.421. The lowest BCUT2D eigenvalue weighted by Crippen LogP contribution is -2.13. The minimum atomic E-state index is -0.411. The minimum absolute atomic E-state index is 0.0182. The summed E-state index contributed by atoms with van der Waals surface area (Å²) in [6, 6.07) is 6.59. The van der Waals surface area contributed by atoms with Crippen LogP contribution in [-0.2, 0) is 11.3 Å². The fourth-order valence-electron chi connectivity index (χ4n) is 3.32. The van der Waals surface area contributed by atoms with E-state index in [1.165, 1.54) is 38.2 Å². The van der Waals surface area contributed by atoms with E-state index in [-0.39, 0.29) is 29.6 Å². The number of aromatic nitrogens is 2. The van der Waals surface area contributed by atoms with Crippen LogP contribution in [0.5, 0.6) is 0 Å². The summed E-state index contributed by atoms with van der Waals surface area (Å²) in [5, 5.41) is 9.25. The van der Waals surface area contributed by atoms with Gasteiger partial charge in [-0.1, -0.05) is 31.4 Å². The van der Waals surface area contributed by atoms with Crippen LogP contribution in [0.2, 0.25) is 0 Å². The Hall–Kier alpha value is -2.72. The van der Waals surface area contributed by atoms with E-state index in [1.54, 1.807) is 12.1 Å². The molecule has 1 saturated carbocycles. The average molecular weight is 355 g/mol. The molecule has 0 radical (unpaired) electrons. The van der Waals surface area contributed by atoms with Gasteiger partial charge in [0.25, 0.3) is 0 Å². The molecule has 1 heterocycles. The normalized spacial score (nSPS) is 14.9. The van der Waals surface area contributed by atoms with E-state index in [1.807, 2.05) is 6.07 Å². The Labute approximate surface area is 152 Å². The summed E-state index contributed by atoms with van der Waals surface area (Å²) in [4.78, 5) is 7.80. The Balaban J connectivity index is 1.73. The number of halogens is 1. The molecule has 7 heteroatoms. The number of nitriles is 1. The monoisotopic (exact) mass is 355 g/mol. The van der Waals surface area contributed by atoms with E-state index < -0.39 is 5.82 Å². The summed E-state index contributed by atoms with van der Waals surface area (Å²) < 4.78 is 20.2.